The van der Waals surface area contributed by atoms with Gasteiger partial charge in [-0.1, -0.05) is 66.0 Å². The van der Waals surface area contributed by atoms with E-state index in [1.807, 2.05) is 0 Å². The Morgan fingerprint density at radius 1 is 1.23 bits per heavy atom. The molecule has 0 nitrogen and oxygen atoms in total. The molecule has 0 radical (unpaired) electrons. The summed E-state index contributed by atoms with van der Waals surface area (Å²) >= 11 is 3.72. The number of alkyl halides is 1. The van der Waals surface area contributed by atoms with Gasteiger partial charge in [-0.15, -0.1) is 0 Å². The molecule has 0 aliphatic rings. The van der Waals surface area contributed by atoms with E-state index in [-0.39, 0.29) is 0 Å². The lowest BCUT2D eigenvalue weighted by molar-refractivity contribution is 0.687. The fourth-order valence-electron chi connectivity index (χ4n) is 1.40. The van der Waals surface area contributed by atoms with Crippen LogP contribution >= 0.6 is 15.9 Å². The van der Waals surface area contributed by atoms with E-state index < -0.39 is 0 Å². The molecule has 0 spiro atoms. The van der Waals surface area contributed by atoms with Crippen molar-refractivity contribution in [2.24, 2.45) is 0 Å². The smallest absolute Gasteiger partial charge is 0.0186 e. The molecule has 1 aromatic rings. The molecule has 0 N–H and O–H groups in total. The lowest BCUT2D eigenvalue weighted by Gasteiger charge is -2.08. The first-order valence-electron chi connectivity index (χ1n) is 5.01. The lowest BCUT2D eigenvalue weighted by Crippen LogP contribution is -2.01. The van der Waals surface area contributed by atoms with Crippen LogP contribution in [-0.2, 0) is 6.42 Å². The molecule has 1 atom stereocenters. The van der Waals surface area contributed by atoms with Gasteiger partial charge in [0, 0.05) is 4.83 Å². The van der Waals surface area contributed by atoms with Gasteiger partial charge in [-0.3, -0.25) is 0 Å². The first-order chi connectivity index (χ1) is 6.33. The van der Waals surface area contributed by atoms with Gasteiger partial charge in [-0.2, -0.15) is 0 Å². The molecular formula is C12H17Br. The third kappa shape index (κ3) is 4.47. The van der Waals surface area contributed by atoms with Crippen LogP contribution in [0.4, 0.5) is 0 Å². The summed E-state index contributed by atoms with van der Waals surface area (Å²) in [5, 5.41) is 0. The highest BCUT2D eigenvalue weighted by atomic mass is 79.9. The van der Waals surface area contributed by atoms with Crippen molar-refractivity contribution in [3.8, 4) is 0 Å². The molecule has 13 heavy (non-hydrogen) atoms. The number of hydrogen-bond acceptors (Lipinski definition) is 0. The Balaban J connectivity index is 2.32. The molecule has 0 saturated carbocycles. The minimum atomic E-state index is 0.648. The van der Waals surface area contributed by atoms with Gasteiger partial charge in [0.15, 0.2) is 0 Å². The molecule has 1 heteroatoms. The maximum absolute atomic E-state index is 3.72. The summed E-state index contributed by atoms with van der Waals surface area (Å²) in [5.74, 6) is 0. The SMILES string of the molecule is CCCC[C@@H](Br)Cc1ccccc1. The molecule has 0 aliphatic carbocycles. The first kappa shape index (κ1) is 10.8. The third-order valence-corrected chi connectivity index (χ3v) is 2.95. The van der Waals surface area contributed by atoms with Crippen molar-refractivity contribution in [2.45, 2.75) is 37.4 Å². The van der Waals surface area contributed by atoms with Crippen molar-refractivity contribution in [2.75, 3.05) is 0 Å². The molecule has 1 rings (SSSR count). The van der Waals surface area contributed by atoms with Gasteiger partial charge in [0.25, 0.3) is 0 Å². The Hall–Kier alpha value is -0.300. The zero-order chi connectivity index (χ0) is 9.52. The summed E-state index contributed by atoms with van der Waals surface area (Å²) in [7, 11) is 0. The average molecular weight is 241 g/mol. The standard InChI is InChI=1S/C12H17Br/c1-2-3-9-12(13)10-11-7-5-4-6-8-11/h4-8,12H,2-3,9-10H2,1H3/t12-/m1/s1. The van der Waals surface area contributed by atoms with E-state index in [4.69, 9.17) is 0 Å². The zero-order valence-electron chi connectivity index (χ0n) is 8.17. The van der Waals surface area contributed by atoms with Gasteiger partial charge in [-0.25, -0.2) is 0 Å². The van der Waals surface area contributed by atoms with Gasteiger partial charge in [-0.05, 0) is 18.4 Å². The number of unbranched alkanes of at least 4 members (excludes halogenated alkanes) is 1. The van der Waals surface area contributed by atoms with Crippen molar-refractivity contribution in [1.29, 1.82) is 0 Å². The van der Waals surface area contributed by atoms with Gasteiger partial charge >= 0.3 is 0 Å². The van der Waals surface area contributed by atoms with E-state index in [0.29, 0.717) is 4.83 Å². The normalized spacial score (nSPS) is 12.8. The van der Waals surface area contributed by atoms with Crippen molar-refractivity contribution in [1.82, 2.24) is 0 Å². The molecule has 0 unspecified atom stereocenters. The molecule has 0 amide bonds. The molecular weight excluding hydrogens is 224 g/mol. The Bertz CT molecular complexity index is 218. The molecule has 0 saturated heterocycles. The van der Waals surface area contributed by atoms with Crippen LogP contribution < -0.4 is 0 Å². The van der Waals surface area contributed by atoms with E-state index in [9.17, 15) is 0 Å². The second-order valence-corrected chi connectivity index (χ2v) is 4.72. The highest BCUT2D eigenvalue weighted by Gasteiger charge is 2.03. The Morgan fingerprint density at radius 3 is 2.54 bits per heavy atom. The first-order valence-corrected chi connectivity index (χ1v) is 5.92. The molecule has 0 fully saturated rings. The number of benzene rings is 1. The summed E-state index contributed by atoms with van der Waals surface area (Å²) < 4.78 is 0. The molecule has 72 valence electrons. The molecule has 0 aliphatic heterocycles. The number of halogens is 1. The van der Waals surface area contributed by atoms with Crippen LogP contribution in [0.2, 0.25) is 0 Å². The van der Waals surface area contributed by atoms with Crippen LogP contribution in [0.1, 0.15) is 31.7 Å². The maximum Gasteiger partial charge on any atom is 0.0186 e. The fraction of sp³-hybridized carbons (Fsp3) is 0.500. The monoisotopic (exact) mass is 240 g/mol. The molecule has 0 heterocycles. The largest absolute Gasteiger partial charge is 0.0887 e. The van der Waals surface area contributed by atoms with Crippen LogP contribution in [0.5, 0.6) is 0 Å². The Labute approximate surface area is 89.5 Å². The molecule has 0 aromatic heterocycles. The predicted molar refractivity (Wildman–Crippen MR) is 62.4 cm³/mol. The maximum atomic E-state index is 3.72. The van der Waals surface area contributed by atoms with Gasteiger partial charge in [0.2, 0.25) is 0 Å². The quantitative estimate of drug-likeness (QED) is 0.678. The van der Waals surface area contributed by atoms with E-state index >= 15 is 0 Å². The number of hydrogen-bond donors (Lipinski definition) is 0. The van der Waals surface area contributed by atoms with Crippen LogP contribution in [0.3, 0.4) is 0 Å². The topological polar surface area (TPSA) is 0 Å². The van der Waals surface area contributed by atoms with E-state index in [2.05, 4.69) is 53.2 Å². The Morgan fingerprint density at radius 2 is 1.92 bits per heavy atom. The van der Waals surface area contributed by atoms with Gasteiger partial charge < -0.3 is 0 Å². The van der Waals surface area contributed by atoms with Crippen molar-refractivity contribution < 1.29 is 0 Å². The van der Waals surface area contributed by atoms with Crippen molar-refractivity contribution in [3.05, 3.63) is 35.9 Å². The minimum Gasteiger partial charge on any atom is -0.0887 e. The summed E-state index contributed by atoms with van der Waals surface area (Å²) in [5.41, 5.74) is 1.43. The summed E-state index contributed by atoms with van der Waals surface area (Å²) in [6.45, 7) is 2.24. The number of rotatable bonds is 5. The van der Waals surface area contributed by atoms with Crippen LogP contribution in [0.25, 0.3) is 0 Å². The predicted octanol–water partition coefficient (Wildman–Crippen LogP) is 4.18. The second kappa shape index (κ2) is 6.20. The van der Waals surface area contributed by atoms with Crippen LogP contribution in [0.15, 0.2) is 30.3 Å². The van der Waals surface area contributed by atoms with Gasteiger partial charge in [0.1, 0.15) is 0 Å². The Kier molecular flexibility index (Phi) is 5.14. The van der Waals surface area contributed by atoms with Crippen molar-refractivity contribution in [3.63, 3.8) is 0 Å². The van der Waals surface area contributed by atoms with Crippen LogP contribution in [-0.4, -0.2) is 4.83 Å². The van der Waals surface area contributed by atoms with Crippen LogP contribution in [0, 0.1) is 0 Å². The third-order valence-electron chi connectivity index (χ3n) is 2.17. The second-order valence-electron chi connectivity index (χ2n) is 3.43. The fourth-order valence-corrected chi connectivity index (χ4v) is 2.10. The lowest BCUT2D eigenvalue weighted by atomic mass is 10.1. The zero-order valence-corrected chi connectivity index (χ0v) is 9.76. The molecule has 0 bridgehead atoms. The van der Waals surface area contributed by atoms with Gasteiger partial charge in [0.05, 0.1) is 0 Å². The van der Waals surface area contributed by atoms with E-state index in [1.54, 1.807) is 0 Å². The van der Waals surface area contributed by atoms with Crippen molar-refractivity contribution >= 4 is 15.9 Å². The van der Waals surface area contributed by atoms with E-state index in [0.717, 1.165) is 6.42 Å². The summed E-state index contributed by atoms with van der Waals surface area (Å²) in [6.07, 6.45) is 5.05. The highest BCUT2D eigenvalue weighted by molar-refractivity contribution is 9.09. The summed E-state index contributed by atoms with van der Waals surface area (Å²) in [6, 6.07) is 10.7. The van der Waals surface area contributed by atoms with E-state index in [1.165, 1.54) is 24.8 Å². The summed E-state index contributed by atoms with van der Waals surface area (Å²) in [4.78, 5) is 0.648. The highest BCUT2D eigenvalue weighted by Crippen LogP contribution is 2.15. The molecule has 1 aromatic carbocycles. The minimum absolute atomic E-state index is 0.648. The average Bonchev–Trinajstić information content (AvgIpc) is 2.16.